The predicted octanol–water partition coefficient (Wildman–Crippen LogP) is 2.81. The van der Waals surface area contributed by atoms with Crippen molar-refractivity contribution in [3.05, 3.63) is 24.3 Å². The summed E-state index contributed by atoms with van der Waals surface area (Å²) in [7, 11) is 0. The standard InChI is InChI=1S/C11H18O/c1-2-6-11(12)9-10-7-4-3-5-8-10/h2,7,11-12H,1,3-6,8-9H2. The molecule has 0 aromatic rings. The van der Waals surface area contributed by atoms with Crippen LogP contribution in [0.5, 0.6) is 0 Å². The second kappa shape index (κ2) is 5.15. The first-order chi connectivity index (χ1) is 5.83. The first-order valence-electron chi connectivity index (χ1n) is 4.80. The summed E-state index contributed by atoms with van der Waals surface area (Å²) in [6.45, 7) is 3.61. The van der Waals surface area contributed by atoms with Crippen molar-refractivity contribution in [3.63, 3.8) is 0 Å². The van der Waals surface area contributed by atoms with Crippen LogP contribution in [0.4, 0.5) is 0 Å². The van der Waals surface area contributed by atoms with E-state index in [0.717, 1.165) is 12.8 Å². The third-order valence-corrected chi connectivity index (χ3v) is 2.32. The fraction of sp³-hybridized carbons (Fsp3) is 0.636. The zero-order valence-electron chi connectivity index (χ0n) is 7.63. The van der Waals surface area contributed by atoms with E-state index in [0.29, 0.717) is 0 Å². The summed E-state index contributed by atoms with van der Waals surface area (Å²) in [6, 6.07) is 0. The Morgan fingerprint density at radius 3 is 3.00 bits per heavy atom. The molecular formula is C11H18O. The maximum Gasteiger partial charge on any atom is 0.0611 e. The van der Waals surface area contributed by atoms with E-state index in [2.05, 4.69) is 12.7 Å². The van der Waals surface area contributed by atoms with Crippen molar-refractivity contribution in [2.75, 3.05) is 0 Å². The van der Waals surface area contributed by atoms with Gasteiger partial charge in [-0.3, -0.25) is 0 Å². The smallest absolute Gasteiger partial charge is 0.0611 e. The largest absolute Gasteiger partial charge is 0.392 e. The molecular weight excluding hydrogens is 148 g/mol. The van der Waals surface area contributed by atoms with Crippen molar-refractivity contribution in [1.82, 2.24) is 0 Å². The molecule has 1 heteroatoms. The van der Waals surface area contributed by atoms with E-state index in [-0.39, 0.29) is 6.10 Å². The molecule has 0 heterocycles. The first-order valence-corrected chi connectivity index (χ1v) is 4.80. The maximum atomic E-state index is 9.49. The summed E-state index contributed by atoms with van der Waals surface area (Å²) in [5.74, 6) is 0. The van der Waals surface area contributed by atoms with Crippen LogP contribution >= 0.6 is 0 Å². The Hall–Kier alpha value is -0.560. The molecule has 1 nitrogen and oxygen atoms in total. The molecule has 68 valence electrons. The highest BCUT2D eigenvalue weighted by Gasteiger charge is 2.08. The fourth-order valence-electron chi connectivity index (χ4n) is 1.67. The highest BCUT2D eigenvalue weighted by molar-refractivity contribution is 5.06. The van der Waals surface area contributed by atoms with Crippen LogP contribution in [0.1, 0.15) is 38.5 Å². The van der Waals surface area contributed by atoms with Crippen LogP contribution in [0, 0.1) is 0 Å². The van der Waals surface area contributed by atoms with Gasteiger partial charge >= 0.3 is 0 Å². The maximum absolute atomic E-state index is 9.49. The molecule has 1 aliphatic carbocycles. The molecule has 0 bridgehead atoms. The molecule has 0 aromatic carbocycles. The summed E-state index contributed by atoms with van der Waals surface area (Å²) in [5, 5.41) is 9.49. The second-order valence-electron chi connectivity index (χ2n) is 3.49. The van der Waals surface area contributed by atoms with Gasteiger partial charge in [0.25, 0.3) is 0 Å². The Kier molecular flexibility index (Phi) is 4.09. The predicted molar refractivity (Wildman–Crippen MR) is 52.0 cm³/mol. The summed E-state index contributed by atoms with van der Waals surface area (Å²) in [6.07, 6.45) is 10.5. The van der Waals surface area contributed by atoms with Gasteiger partial charge in [0.2, 0.25) is 0 Å². The Labute approximate surface area is 74.8 Å². The van der Waals surface area contributed by atoms with Crippen molar-refractivity contribution in [2.24, 2.45) is 0 Å². The van der Waals surface area contributed by atoms with Gasteiger partial charge in [-0.15, -0.1) is 6.58 Å². The molecule has 0 saturated heterocycles. The third kappa shape index (κ3) is 3.22. The molecule has 0 amide bonds. The second-order valence-corrected chi connectivity index (χ2v) is 3.49. The lowest BCUT2D eigenvalue weighted by Gasteiger charge is -2.15. The highest BCUT2D eigenvalue weighted by atomic mass is 16.3. The topological polar surface area (TPSA) is 20.2 Å². The van der Waals surface area contributed by atoms with Crippen LogP contribution in [-0.2, 0) is 0 Å². The zero-order chi connectivity index (χ0) is 8.81. The van der Waals surface area contributed by atoms with E-state index in [1.807, 2.05) is 0 Å². The highest BCUT2D eigenvalue weighted by Crippen LogP contribution is 2.21. The van der Waals surface area contributed by atoms with E-state index in [9.17, 15) is 5.11 Å². The fourth-order valence-corrected chi connectivity index (χ4v) is 1.67. The molecule has 0 saturated carbocycles. The lowest BCUT2D eigenvalue weighted by atomic mass is 9.94. The van der Waals surface area contributed by atoms with Crippen molar-refractivity contribution >= 4 is 0 Å². The average molecular weight is 166 g/mol. The van der Waals surface area contributed by atoms with Crippen LogP contribution in [-0.4, -0.2) is 11.2 Å². The third-order valence-electron chi connectivity index (χ3n) is 2.32. The molecule has 0 aliphatic heterocycles. The quantitative estimate of drug-likeness (QED) is 0.637. The van der Waals surface area contributed by atoms with Gasteiger partial charge in [0.1, 0.15) is 0 Å². The van der Waals surface area contributed by atoms with Crippen LogP contribution < -0.4 is 0 Å². The monoisotopic (exact) mass is 166 g/mol. The Morgan fingerprint density at radius 2 is 2.42 bits per heavy atom. The molecule has 1 atom stereocenters. The average Bonchev–Trinajstić information content (AvgIpc) is 2.06. The zero-order valence-corrected chi connectivity index (χ0v) is 7.63. The summed E-state index contributed by atoms with van der Waals surface area (Å²) >= 11 is 0. The van der Waals surface area contributed by atoms with Crippen molar-refractivity contribution in [1.29, 1.82) is 0 Å². The van der Waals surface area contributed by atoms with Crippen LogP contribution in [0.15, 0.2) is 24.3 Å². The normalized spacial score (nSPS) is 19.9. The minimum atomic E-state index is -0.202. The molecule has 0 radical (unpaired) electrons. The lowest BCUT2D eigenvalue weighted by molar-refractivity contribution is 0.176. The number of rotatable bonds is 4. The molecule has 0 aromatic heterocycles. The van der Waals surface area contributed by atoms with Crippen LogP contribution in [0.25, 0.3) is 0 Å². The minimum absolute atomic E-state index is 0.202. The van der Waals surface area contributed by atoms with Gasteiger partial charge in [0.05, 0.1) is 6.10 Å². The van der Waals surface area contributed by atoms with Gasteiger partial charge in [0, 0.05) is 0 Å². The Balaban J connectivity index is 2.28. The molecule has 1 unspecified atom stereocenters. The Morgan fingerprint density at radius 1 is 1.58 bits per heavy atom. The number of hydrogen-bond acceptors (Lipinski definition) is 1. The molecule has 1 aliphatic rings. The van der Waals surface area contributed by atoms with E-state index in [1.54, 1.807) is 6.08 Å². The first kappa shape index (κ1) is 9.53. The van der Waals surface area contributed by atoms with Crippen LogP contribution in [0.3, 0.4) is 0 Å². The molecule has 0 fully saturated rings. The van der Waals surface area contributed by atoms with Gasteiger partial charge in [-0.05, 0) is 38.5 Å². The molecule has 0 spiro atoms. The van der Waals surface area contributed by atoms with Crippen molar-refractivity contribution in [2.45, 2.75) is 44.6 Å². The number of aliphatic hydroxyl groups is 1. The summed E-state index contributed by atoms with van der Waals surface area (Å²) in [5.41, 5.74) is 1.44. The number of aliphatic hydroxyl groups excluding tert-OH is 1. The van der Waals surface area contributed by atoms with Crippen molar-refractivity contribution < 1.29 is 5.11 Å². The number of hydrogen-bond donors (Lipinski definition) is 1. The van der Waals surface area contributed by atoms with E-state index >= 15 is 0 Å². The van der Waals surface area contributed by atoms with Gasteiger partial charge in [-0.25, -0.2) is 0 Å². The van der Waals surface area contributed by atoms with Gasteiger partial charge in [-0.1, -0.05) is 17.7 Å². The molecule has 1 rings (SSSR count). The molecule has 1 N–H and O–H groups in total. The summed E-state index contributed by atoms with van der Waals surface area (Å²) < 4.78 is 0. The van der Waals surface area contributed by atoms with Crippen molar-refractivity contribution in [3.8, 4) is 0 Å². The number of allylic oxidation sites excluding steroid dienone is 1. The Bertz CT molecular complexity index is 170. The minimum Gasteiger partial charge on any atom is -0.392 e. The van der Waals surface area contributed by atoms with E-state index in [4.69, 9.17) is 0 Å². The van der Waals surface area contributed by atoms with Gasteiger partial charge < -0.3 is 5.11 Å². The van der Waals surface area contributed by atoms with Gasteiger partial charge in [0.15, 0.2) is 0 Å². The van der Waals surface area contributed by atoms with Gasteiger partial charge in [-0.2, -0.15) is 0 Å². The van der Waals surface area contributed by atoms with E-state index < -0.39 is 0 Å². The molecule has 12 heavy (non-hydrogen) atoms. The summed E-state index contributed by atoms with van der Waals surface area (Å²) in [4.78, 5) is 0. The SMILES string of the molecule is C=CCC(O)CC1=CCCCC1. The lowest BCUT2D eigenvalue weighted by Crippen LogP contribution is -2.07. The van der Waals surface area contributed by atoms with Crippen LogP contribution in [0.2, 0.25) is 0 Å². The van der Waals surface area contributed by atoms with E-state index in [1.165, 1.54) is 31.3 Å².